The van der Waals surface area contributed by atoms with Gasteiger partial charge in [0.05, 0.1) is 0 Å². The number of benzene rings is 6. The minimum atomic E-state index is 0.869. The van der Waals surface area contributed by atoms with Crippen LogP contribution in [0, 0.1) is 0 Å². The fourth-order valence-corrected chi connectivity index (χ4v) is 4.80. The Morgan fingerprint density at radius 3 is 1.26 bits per heavy atom. The fraction of sp³-hybridized carbons (Fsp3) is 0. The van der Waals surface area contributed by atoms with Crippen LogP contribution >= 0.6 is 0 Å². The van der Waals surface area contributed by atoms with E-state index in [4.69, 9.17) is 4.42 Å². The SMILES string of the molecule is c1ccc2cc(Nc3ccc4c(c3)oc3cc(Nc5ccc6ccccc6c5)ccc34)ccc2c1. The molecule has 0 aliphatic rings. The van der Waals surface area contributed by atoms with Gasteiger partial charge in [0.2, 0.25) is 0 Å². The minimum Gasteiger partial charge on any atom is -0.456 e. The predicted molar refractivity (Wildman–Crippen MR) is 148 cm³/mol. The maximum Gasteiger partial charge on any atom is 0.137 e. The van der Waals surface area contributed by atoms with Crippen LogP contribution in [0.15, 0.2) is 126 Å². The van der Waals surface area contributed by atoms with E-state index in [1.807, 2.05) is 0 Å². The summed E-state index contributed by atoms with van der Waals surface area (Å²) >= 11 is 0. The van der Waals surface area contributed by atoms with Crippen molar-refractivity contribution < 1.29 is 4.42 Å². The molecule has 0 unspecified atom stereocenters. The van der Waals surface area contributed by atoms with E-state index in [1.54, 1.807) is 0 Å². The summed E-state index contributed by atoms with van der Waals surface area (Å²) in [5.74, 6) is 0. The third-order valence-corrected chi connectivity index (χ3v) is 6.55. The summed E-state index contributed by atoms with van der Waals surface area (Å²) in [7, 11) is 0. The summed E-state index contributed by atoms with van der Waals surface area (Å²) in [6, 6.07) is 42.2. The molecule has 3 nitrogen and oxygen atoms in total. The summed E-state index contributed by atoms with van der Waals surface area (Å²) in [6.45, 7) is 0. The third-order valence-electron chi connectivity index (χ3n) is 6.55. The molecule has 0 aliphatic heterocycles. The highest BCUT2D eigenvalue weighted by molar-refractivity contribution is 6.06. The van der Waals surface area contributed by atoms with Crippen molar-refractivity contribution in [1.82, 2.24) is 0 Å². The maximum atomic E-state index is 6.27. The number of hydrogen-bond donors (Lipinski definition) is 2. The average Bonchev–Trinajstić information content (AvgIpc) is 3.25. The van der Waals surface area contributed by atoms with Gasteiger partial charge < -0.3 is 15.1 Å². The number of rotatable bonds is 4. The molecular weight excluding hydrogens is 428 g/mol. The Kier molecular flexibility index (Phi) is 4.46. The van der Waals surface area contributed by atoms with Crippen molar-refractivity contribution in [1.29, 1.82) is 0 Å². The predicted octanol–water partition coefficient (Wildman–Crippen LogP) is 9.38. The van der Waals surface area contributed by atoms with Crippen molar-refractivity contribution in [3.8, 4) is 0 Å². The van der Waals surface area contributed by atoms with Crippen molar-refractivity contribution in [3.63, 3.8) is 0 Å². The van der Waals surface area contributed by atoms with Crippen molar-refractivity contribution in [2.75, 3.05) is 10.6 Å². The molecular formula is C32H22N2O. The van der Waals surface area contributed by atoms with Gasteiger partial charge in [-0.15, -0.1) is 0 Å². The molecule has 0 saturated carbocycles. The zero-order chi connectivity index (χ0) is 23.2. The van der Waals surface area contributed by atoms with Gasteiger partial charge in [-0.1, -0.05) is 60.7 Å². The van der Waals surface area contributed by atoms with E-state index in [9.17, 15) is 0 Å². The van der Waals surface area contributed by atoms with Crippen molar-refractivity contribution >= 4 is 66.2 Å². The van der Waals surface area contributed by atoms with E-state index in [0.717, 1.165) is 44.7 Å². The molecule has 0 aliphatic carbocycles. The smallest absolute Gasteiger partial charge is 0.137 e. The molecule has 35 heavy (non-hydrogen) atoms. The van der Waals surface area contributed by atoms with Gasteiger partial charge in [-0.3, -0.25) is 0 Å². The second-order valence-electron chi connectivity index (χ2n) is 8.90. The number of nitrogens with one attached hydrogen (secondary N) is 2. The maximum absolute atomic E-state index is 6.27. The first-order valence-electron chi connectivity index (χ1n) is 11.8. The molecule has 1 aromatic heterocycles. The molecule has 6 aromatic carbocycles. The minimum absolute atomic E-state index is 0.869. The molecule has 3 heteroatoms. The highest BCUT2D eigenvalue weighted by Gasteiger charge is 2.09. The van der Waals surface area contributed by atoms with E-state index < -0.39 is 0 Å². The standard InChI is InChI=1S/C32H22N2O/c1-3-7-23-17-25(11-9-21(23)5-1)33-27-13-15-29-30-16-14-28(20-32(30)35-31(29)19-27)34-26-12-10-22-6-2-4-8-24(22)18-26/h1-20,33-34H. The normalized spacial score (nSPS) is 11.4. The summed E-state index contributed by atoms with van der Waals surface area (Å²) < 4.78 is 6.27. The molecule has 7 rings (SSSR count). The first-order valence-corrected chi connectivity index (χ1v) is 11.8. The zero-order valence-corrected chi connectivity index (χ0v) is 19.0. The monoisotopic (exact) mass is 450 g/mol. The third kappa shape index (κ3) is 3.64. The van der Waals surface area contributed by atoms with Crippen molar-refractivity contribution in [2.45, 2.75) is 0 Å². The van der Waals surface area contributed by atoms with Gasteiger partial charge >= 0.3 is 0 Å². The first-order chi connectivity index (χ1) is 17.3. The van der Waals surface area contributed by atoms with E-state index in [-0.39, 0.29) is 0 Å². The molecule has 0 bridgehead atoms. The van der Waals surface area contributed by atoms with Crippen LogP contribution in [0.5, 0.6) is 0 Å². The Hall–Kier alpha value is -4.76. The summed E-state index contributed by atoms with van der Waals surface area (Å²) in [6.07, 6.45) is 0. The Morgan fingerprint density at radius 2 is 0.771 bits per heavy atom. The molecule has 0 fully saturated rings. The molecule has 0 amide bonds. The highest BCUT2D eigenvalue weighted by atomic mass is 16.3. The van der Waals surface area contributed by atoms with Crippen molar-refractivity contribution in [2.24, 2.45) is 0 Å². The quantitative estimate of drug-likeness (QED) is 0.280. The Balaban J connectivity index is 1.19. The lowest BCUT2D eigenvalue weighted by Crippen LogP contribution is -1.90. The second-order valence-corrected chi connectivity index (χ2v) is 8.90. The Morgan fingerprint density at radius 1 is 0.371 bits per heavy atom. The van der Waals surface area contributed by atoms with Gasteiger partial charge in [-0.05, 0) is 70.1 Å². The molecule has 0 spiro atoms. The lowest BCUT2D eigenvalue weighted by Gasteiger charge is -2.08. The lowest BCUT2D eigenvalue weighted by atomic mass is 10.1. The van der Waals surface area contributed by atoms with Crippen LogP contribution in [-0.2, 0) is 0 Å². The number of hydrogen-bond acceptors (Lipinski definition) is 3. The molecule has 2 N–H and O–H groups in total. The number of anilines is 4. The van der Waals surface area contributed by atoms with Gasteiger partial charge in [0.1, 0.15) is 11.2 Å². The molecule has 7 aromatic rings. The highest BCUT2D eigenvalue weighted by Crippen LogP contribution is 2.34. The van der Waals surface area contributed by atoms with Crippen LogP contribution < -0.4 is 10.6 Å². The molecule has 1 heterocycles. The second kappa shape index (κ2) is 7.93. The first kappa shape index (κ1) is 19.7. The topological polar surface area (TPSA) is 37.2 Å². The van der Waals surface area contributed by atoms with Gasteiger partial charge in [0.15, 0.2) is 0 Å². The van der Waals surface area contributed by atoms with Crippen LogP contribution in [0.4, 0.5) is 22.7 Å². The van der Waals surface area contributed by atoms with E-state index in [2.05, 4.69) is 132 Å². The van der Waals surface area contributed by atoms with E-state index in [0.29, 0.717) is 0 Å². The van der Waals surface area contributed by atoms with E-state index >= 15 is 0 Å². The van der Waals surface area contributed by atoms with E-state index in [1.165, 1.54) is 21.5 Å². The van der Waals surface area contributed by atoms with Crippen LogP contribution in [0.25, 0.3) is 43.5 Å². The van der Waals surface area contributed by atoms with Crippen LogP contribution in [-0.4, -0.2) is 0 Å². The van der Waals surface area contributed by atoms with Gasteiger partial charge in [0.25, 0.3) is 0 Å². The molecule has 0 atom stereocenters. The summed E-state index contributed by atoms with van der Waals surface area (Å²) in [5, 5.41) is 14.2. The zero-order valence-electron chi connectivity index (χ0n) is 19.0. The average molecular weight is 451 g/mol. The molecule has 0 saturated heterocycles. The lowest BCUT2D eigenvalue weighted by molar-refractivity contribution is 0.669. The Bertz CT molecular complexity index is 1730. The van der Waals surface area contributed by atoms with Gasteiger partial charge in [-0.25, -0.2) is 0 Å². The fourth-order valence-electron chi connectivity index (χ4n) is 4.80. The van der Waals surface area contributed by atoms with Gasteiger partial charge in [-0.2, -0.15) is 0 Å². The number of fused-ring (bicyclic) bond motifs is 5. The Labute approximate surface area is 202 Å². The largest absolute Gasteiger partial charge is 0.456 e. The molecule has 166 valence electrons. The van der Waals surface area contributed by atoms with Crippen molar-refractivity contribution in [3.05, 3.63) is 121 Å². The summed E-state index contributed by atoms with van der Waals surface area (Å²) in [4.78, 5) is 0. The van der Waals surface area contributed by atoms with Gasteiger partial charge in [0, 0.05) is 45.7 Å². The molecule has 0 radical (unpaired) electrons. The van der Waals surface area contributed by atoms with Crippen LogP contribution in [0.3, 0.4) is 0 Å². The van der Waals surface area contributed by atoms with Crippen LogP contribution in [0.1, 0.15) is 0 Å². The van der Waals surface area contributed by atoms with Crippen LogP contribution in [0.2, 0.25) is 0 Å². The number of furan rings is 1. The summed E-state index contributed by atoms with van der Waals surface area (Å²) in [5.41, 5.74) is 5.85.